The van der Waals surface area contributed by atoms with Gasteiger partial charge in [-0.3, -0.25) is 4.98 Å². The maximum Gasteiger partial charge on any atom is 0.141 e. The van der Waals surface area contributed by atoms with Crippen LogP contribution in [0.4, 0.5) is 4.39 Å². The van der Waals surface area contributed by atoms with Crippen LogP contribution in [-0.2, 0) is 4.74 Å². The minimum absolute atomic E-state index is 0.0214. The monoisotopic (exact) mass is 280 g/mol. The Labute approximate surface area is 120 Å². The fourth-order valence-corrected chi connectivity index (χ4v) is 3.26. The van der Waals surface area contributed by atoms with Crippen molar-refractivity contribution < 1.29 is 9.13 Å². The number of halogens is 1. The Morgan fingerprint density at radius 2 is 2.10 bits per heavy atom. The molecule has 1 aliphatic rings. The van der Waals surface area contributed by atoms with Gasteiger partial charge in [-0.1, -0.05) is 19.8 Å². The molecule has 112 valence electrons. The summed E-state index contributed by atoms with van der Waals surface area (Å²) >= 11 is 0. The zero-order valence-electron chi connectivity index (χ0n) is 12.5. The maximum atomic E-state index is 13.5. The smallest absolute Gasteiger partial charge is 0.141 e. The van der Waals surface area contributed by atoms with Crippen molar-refractivity contribution in [3.63, 3.8) is 0 Å². The van der Waals surface area contributed by atoms with Crippen molar-refractivity contribution in [3.05, 3.63) is 29.8 Å². The van der Waals surface area contributed by atoms with E-state index in [0.29, 0.717) is 6.61 Å². The molecular formula is C16H25FN2O. The Balaban J connectivity index is 2.30. The Kier molecular flexibility index (Phi) is 5.49. The van der Waals surface area contributed by atoms with Gasteiger partial charge in [-0.15, -0.1) is 0 Å². The molecule has 0 radical (unpaired) electrons. The fourth-order valence-electron chi connectivity index (χ4n) is 3.26. The van der Waals surface area contributed by atoms with E-state index >= 15 is 0 Å². The average Bonchev–Trinajstić information content (AvgIpc) is 2.89. The molecule has 0 bridgehead atoms. The molecule has 1 saturated carbocycles. The van der Waals surface area contributed by atoms with Crippen molar-refractivity contribution in [2.24, 2.45) is 0 Å². The molecule has 0 spiro atoms. The highest BCUT2D eigenvalue weighted by atomic mass is 19.1. The third kappa shape index (κ3) is 3.36. The lowest BCUT2D eigenvalue weighted by molar-refractivity contribution is -0.0627. The summed E-state index contributed by atoms with van der Waals surface area (Å²) in [7, 11) is 0. The second-order valence-corrected chi connectivity index (χ2v) is 5.53. The Bertz CT molecular complexity index is 419. The Morgan fingerprint density at radius 3 is 2.70 bits per heavy atom. The first-order valence-electron chi connectivity index (χ1n) is 7.69. The number of hydrogen-bond acceptors (Lipinski definition) is 3. The van der Waals surface area contributed by atoms with Gasteiger partial charge in [-0.25, -0.2) is 4.39 Å². The zero-order valence-corrected chi connectivity index (χ0v) is 12.5. The Morgan fingerprint density at radius 1 is 1.35 bits per heavy atom. The number of nitrogens with zero attached hydrogens (tertiary/aromatic N) is 1. The van der Waals surface area contributed by atoms with E-state index in [-0.39, 0.29) is 17.5 Å². The molecule has 4 heteroatoms. The van der Waals surface area contributed by atoms with E-state index in [1.165, 1.54) is 19.0 Å². The number of aromatic nitrogens is 1. The van der Waals surface area contributed by atoms with Gasteiger partial charge in [0.05, 0.1) is 17.8 Å². The number of pyridine rings is 1. The number of rotatable bonds is 7. The van der Waals surface area contributed by atoms with E-state index in [2.05, 4.69) is 17.2 Å². The summed E-state index contributed by atoms with van der Waals surface area (Å²) < 4.78 is 19.6. The van der Waals surface area contributed by atoms with Crippen molar-refractivity contribution >= 4 is 0 Å². The van der Waals surface area contributed by atoms with Crippen molar-refractivity contribution in [3.8, 4) is 0 Å². The van der Waals surface area contributed by atoms with Crippen LogP contribution in [0.15, 0.2) is 18.5 Å². The highest BCUT2D eigenvalue weighted by Gasteiger charge is 2.42. The number of ether oxygens (including phenoxy) is 1. The van der Waals surface area contributed by atoms with E-state index < -0.39 is 0 Å². The average molecular weight is 280 g/mol. The first kappa shape index (κ1) is 15.4. The van der Waals surface area contributed by atoms with Gasteiger partial charge in [0.15, 0.2) is 0 Å². The summed E-state index contributed by atoms with van der Waals surface area (Å²) in [5.74, 6) is -0.282. The first-order valence-corrected chi connectivity index (χ1v) is 7.69. The van der Waals surface area contributed by atoms with Crippen molar-refractivity contribution in [1.82, 2.24) is 10.3 Å². The fraction of sp³-hybridized carbons (Fsp3) is 0.688. The molecule has 3 nitrogen and oxygen atoms in total. The number of hydrogen-bond donors (Lipinski definition) is 1. The number of nitrogens with one attached hydrogen (secondary N) is 1. The third-order valence-electron chi connectivity index (χ3n) is 4.07. The third-order valence-corrected chi connectivity index (χ3v) is 4.07. The topological polar surface area (TPSA) is 34.2 Å². The summed E-state index contributed by atoms with van der Waals surface area (Å²) in [4.78, 5) is 4.01. The van der Waals surface area contributed by atoms with E-state index in [0.717, 1.165) is 31.4 Å². The molecule has 1 aliphatic carbocycles. The van der Waals surface area contributed by atoms with Crippen molar-refractivity contribution in [2.75, 3.05) is 13.2 Å². The molecule has 1 N–H and O–H groups in total. The minimum Gasteiger partial charge on any atom is -0.373 e. The van der Waals surface area contributed by atoms with Crippen LogP contribution < -0.4 is 5.32 Å². The van der Waals surface area contributed by atoms with Crippen LogP contribution in [0.2, 0.25) is 0 Å². The largest absolute Gasteiger partial charge is 0.373 e. The summed E-state index contributed by atoms with van der Waals surface area (Å²) in [6.07, 6.45) is 8.46. The van der Waals surface area contributed by atoms with Gasteiger partial charge in [-0.2, -0.15) is 0 Å². The second kappa shape index (κ2) is 7.14. The lowest BCUT2D eigenvalue weighted by atomic mass is 9.87. The Hall–Kier alpha value is -1.00. The van der Waals surface area contributed by atoms with Crippen molar-refractivity contribution in [1.29, 1.82) is 0 Å². The first-order chi connectivity index (χ1) is 9.72. The zero-order chi connectivity index (χ0) is 14.4. The van der Waals surface area contributed by atoms with Crippen LogP contribution in [0, 0.1) is 5.82 Å². The predicted octanol–water partition coefficient (Wildman–Crippen LogP) is 3.61. The molecule has 0 saturated heterocycles. The summed E-state index contributed by atoms with van der Waals surface area (Å²) in [6.45, 7) is 5.75. The van der Waals surface area contributed by atoms with Crippen LogP contribution in [0.3, 0.4) is 0 Å². The molecule has 1 fully saturated rings. The van der Waals surface area contributed by atoms with Crippen LogP contribution in [0.25, 0.3) is 0 Å². The lowest BCUT2D eigenvalue weighted by Gasteiger charge is -2.38. The van der Waals surface area contributed by atoms with E-state index in [1.807, 2.05) is 6.92 Å². The van der Waals surface area contributed by atoms with Crippen LogP contribution in [0.1, 0.15) is 57.6 Å². The molecular weight excluding hydrogens is 255 g/mol. The van der Waals surface area contributed by atoms with Crippen LogP contribution >= 0.6 is 0 Å². The van der Waals surface area contributed by atoms with E-state index in [4.69, 9.17) is 4.74 Å². The molecule has 1 atom stereocenters. The lowest BCUT2D eigenvalue weighted by Crippen LogP contribution is -2.44. The van der Waals surface area contributed by atoms with Gasteiger partial charge < -0.3 is 10.1 Å². The molecule has 2 rings (SSSR count). The van der Waals surface area contributed by atoms with Gasteiger partial charge in [0.1, 0.15) is 5.82 Å². The minimum atomic E-state index is -0.282. The molecule has 1 aromatic rings. The normalized spacial score (nSPS) is 19.1. The van der Waals surface area contributed by atoms with Gasteiger partial charge >= 0.3 is 0 Å². The van der Waals surface area contributed by atoms with Crippen molar-refractivity contribution in [2.45, 2.75) is 57.6 Å². The molecule has 1 unspecified atom stereocenters. The van der Waals surface area contributed by atoms with Gasteiger partial charge in [0.2, 0.25) is 0 Å². The van der Waals surface area contributed by atoms with Gasteiger partial charge in [-0.05, 0) is 44.4 Å². The summed E-state index contributed by atoms with van der Waals surface area (Å²) in [6, 6.07) is 1.60. The molecule has 20 heavy (non-hydrogen) atoms. The summed E-state index contributed by atoms with van der Waals surface area (Å²) in [5.41, 5.74) is 0.688. The molecule has 0 amide bonds. The highest BCUT2D eigenvalue weighted by Crippen LogP contribution is 2.43. The summed E-state index contributed by atoms with van der Waals surface area (Å²) in [5, 5.41) is 3.55. The molecule has 1 aromatic heterocycles. The standard InChI is InChI=1S/C16H25FN2O/c1-3-9-19-15(13-10-14(17)12-18-11-13)16(20-4-2)7-5-6-8-16/h10-12,15,19H,3-9H2,1-2H3. The van der Waals surface area contributed by atoms with Gasteiger partial charge in [0.25, 0.3) is 0 Å². The maximum absolute atomic E-state index is 13.5. The van der Waals surface area contributed by atoms with Crippen LogP contribution in [-0.4, -0.2) is 23.7 Å². The van der Waals surface area contributed by atoms with E-state index in [1.54, 1.807) is 12.3 Å². The van der Waals surface area contributed by atoms with Gasteiger partial charge in [0, 0.05) is 12.8 Å². The van der Waals surface area contributed by atoms with Crippen LogP contribution in [0.5, 0.6) is 0 Å². The molecule has 0 aromatic carbocycles. The predicted molar refractivity (Wildman–Crippen MR) is 78.1 cm³/mol. The molecule has 0 aliphatic heterocycles. The highest BCUT2D eigenvalue weighted by molar-refractivity contribution is 5.20. The SMILES string of the molecule is CCCNC(c1cncc(F)c1)C1(OCC)CCCC1. The van der Waals surface area contributed by atoms with E-state index in [9.17, 15) is 4.39 Å². The quantitative estimate of drug-likeness (QED) is 0.828. The molecule has 1 heterocycles. The second-order valence-electron chi connectivity index (χ2n) is 5.53.